The maximum Gasteiger partial charge on any atom is 0.312 e. The summed E-state index contributed by atoms with van der Waals surface area (Å²) in [5, 5.41) is 6.89. The number of hydrogen-bond acceptors (Lipinski definition) is 6. The van der Waals surface area contributed by atoms with Gasteiger partial charge in [0.2, 0.25) is 10.0 Å². The fourth-order valence-corrected chi connectivity index (χ4v) is 5.32. The maximum absolute atomic E-state index is 13.9. The van der Waals surface area contributed by atoms with Crippen molar-refractivity contribution in [1.82, 2.24) is 9.21 Å². The molecule has 0 saturated carbocycles. The molecule has 162 valence electrons. The van der Waals surface area contributed by atoms with Gasteiger partial charge in [0.05, 0.1) is 5.41 Å². The minimum Gasteiger partial charge on any atom is -0.483 e. The van der Waals surface area contributed by atoms with Gasteiger partial charge in [0.1, 0.15) is 17.7 Å². The number of cyclic esters (lactones) is 1. The predicted molar refractivity (Wildman–Crippen MR) is 98.5 cm³/mol. The third-order valence-electron chi connectivity index (χ3n) is 5.09. The minimum absolute atomic E-state index is 0.0277. The molecule has 11 heteroatoms. The first-order chi connectivity index (χ1) is 13.6. The van der Waals surface area contributed by atoms with Gasteiger partial charge in [-0.2, -0.15) is 4.31 Å². The summed E-state index contributed by atoms with van der Waals surface area (Å²) in [5.41, 5.74) is -0.708. The number of carbonyl (C=O) groups excluding carboxylic acids is 1. The van der Waals surface area contributed by atoms with E-state index in [0.29, 0.717) is 13.0 Å². The van der Waals surface area contributed by atoms with E-state index in [1.165, 1.54) is 0 Å². The van der Waals surface area contributed by atoms with Gasteiger partial charge in [-0.3, -0.25) is 9.59 Å². The van der Waals surface area contributed by atoms with Crippen molar-refractivity contribution in [1.29, 1.82) is 0 Å². The van der Waals surface area contributed by atoms with E-state index >= 15 is 0 Å². The molecule has 0 aliphatic carbocycles. The lowest BCUT2D eigenvalue weighted by atomic mass is 9.76. The molecular weight excluding hydrogens is 410 g/mol. The van der Waals surface area contributed by atoms with E-state index in [2.05, 4.69) is 0 Å². The summed E-state index contributed by atoms with van der Waals surface area (Å²) in [6.07, 6.45) is 0.881. The molecule has 2 aliphatic heterocycles. The van der Waals surface area contributed by atoms with Crippen LogP contribution in [0.1, 0.15) is 19.3 Å². The van der Waals surface area contributed by atoms with Gasteiger partial charge >= 0.3 is 5.97 Å². The number of ether oxygens (including phenoxy) is 1. The zero-order chi connectivity index (χ0) is 21.8. The molecule has 2 fully saturated rings. The van der Waals surface area contributed by atoms with Crippen LogP contribution in [0.3, 0.4) is 0 Å². The number of esters is 1. The van der Waals surface area contributed by atoms with Crippen molar-refractivity contribution < 1.29 is 36.6 Å². The first kappa shape index (κ1) is 23.2. The van der Waals surface area contributed by atoms with E-state index in [4.69, 9.17) is 14.6 Å². The Bertz CT molecular complexity index is 834. The molecule has 0 radical (unpaired) electrons. The van der Waals surface area contributed by atoms with Gasteiger partial charge in [-0.15, -0.1) is 0 Å². The van der Waals surface area contributed by atoms with Crippen LogP contribution < -0.4 is 0 Å². The normalized spacial score (nSPS) is 21.6. The van der Waals surface area contributed by atoms with Crippen molar-refractivity contribution >= 4 is 22.5 Å². The quantitative estimate of drug-likeness (QED) is 0.563. The van der Waals surface area contributed by atoms with Gasteiger partial charge in [0, 0.05) is 26.1 Å². The van der Waals surface area contributed by atoms with Gasteiger partial charge in [0.15, 0.2) is 4.90 Å². The molecule has 1 aromatic rings. The molecular formula is C18H24F2N2O6S. The summed E-state index contributed by atoms with van der Waals surface area (Å²) >= 11 is 0. The van der Waals surface area contributed by atoms with Crippen LogP contribution in [0.5, 0.6) is 0 Å². The molecule has 0 amide bonds. The molecule has 8 nitrogen and oxygen atoms in total. The largest absolute Gasteiger partial charge is 0.483 e. The SMILES string of the molecule is CN(C)CC1CC2(CCN(S(=O)(=O)c3c(F)cccc3F)CC2)C(=O)O1.O=CO. The number of piperidine rings is 1. The Hall–Kier alpha value is -2.11. The lowest BCUT2D eigenvalue weighted by molar-refractivity contribution is -0.150. The van der Waals surface area contributed by atoms with Crippen molar-refractivity contribution in [3.05, 3.63) is 29.8 Å². The Labute approximate surface area is 168 Å². The summed E-state index contributed by atoms with van der Waals surface area (Å²) in [7, 11) is -0.525. The van der Waals surface area contributed by atoms with Crippen LogP contribution in [-0.4, -0.2) is 75.0 Å². The first-order valence-corrected chi connectivity index (χ1v) is 10.4. The molecule has 0 aromatic heterocycles. The molecule has 1 spiro atoms. The Balaban J connectivity index is 0.000000941. The molecule has 1 aromatic carbocycles. The number of carboxylic acid groups (broad SMARTS) is 1. The van der Waals surface area contributed by atoms with Crippen molar-refractivity contribution in [2.45, 2.75) is 30.3 Å². The fraction of sp³-hybridized carbons (Fsp3) is 0.556. The second-order valence-corrected chi connectivity index (χ2v) is 9.21. The van der Waals surface area contributed by atoms with E-state index < -0.39 is 32.0 Å². The number of rotatable bonds is 4. The average molecular weight is 434 g/mol. The highest BCUT2D eigenvalue weighted by molar-refractivity contribution is 7.89. The Kier molecular flexibility index (Phi) is 7.30. The van der Waals surface area contributed by atoms with E-state index in [1.54, 1.807) is 0 Å². The Morgan fingerprint density at radius 3 is 2.28 bits per heavy atom. The lowest BCUT2D eigenvalue weighted by Gasteiger charge is -2.35. The number of sulfonamides is 1. The summed E-state index contributed by atoms with van der Waals surface area (Å²) < 4.78 is 59.6. The van der Waals surface area contributed by atoms with Crippen LogP contribution in [0.2, 0.25) is 0 Å². The summed E-state index contributed by atoms with van der Waals surface area (Å²) in [6.45, 7) is 0.412. The molecule has 3 rings (SSSR count). The van der Waals surface area contributed by atoms with Gasteiger partial charge in [-0.05, 0) is 39.1 Å². The van der Waals surface area contributed by atoms with Crippen LogP contribution in [0.15, 0.2) is 23.1 Å². The average Bonchev–Trinajstić information content (AvgIpc) is 2.89. The summed E-state index contributed by atoms with van der Waals surface area (Å²) in [4.78, 5) is 21.7. The fourth-order valence-electron chi connectivity index (χ4n) is 3.77. The zero-order valence-corrected chi connectivity index (χ0v) is 17.0. The van der Waals surface area contributed by atoms with Crippen LogP contribution in [0, 0.1) is 17.0 Å². The third-order valence-corrected chi connectivity index (χ3v) is 7.04. The standard InChI is InChI=1S/C17H22F2N2O4S.CH2O2/c1-20(2)11-12-10-17(16(22)25-12)6-8-21(9-7-17)26(23,24)15-13(18)4-3-5-14(15)19;2-1-3/h3-5,12H,6-11H2,1-2H3;1H,(H,2,3). The zero-order valence-electron chi connectivity index (χ0n) is 16.2. The van der Waals surface area contributed by atoms with Gasteiger partial charge in [0.25, 0.3) is 6.47 Å². The van der Waals surface area contributed by atoms with Crippen LogP contribution in [-0.2, 0) is 24.3 Å². The highest BCUT2D eigenvalue weighted by Crippen LogP contribution is 2.44. The van der Waals surface area contributed by atoms with Crippen molar-refractivity contribution in [3.63, 3.8) is 0 Å². The molecule has 2 aliphatic rings. The monoisotopic (exact) mass is 434 g/mol. The van der Waals surface area contributed by atoms with E-state index in [-0.39, 0.29) is 44.5 Å². The first-order valence-electron chi connectivity index (χ1n) is 8.95. The minimum atomic E-state index is -4.30. The molecule has 0 bridgehead atoms. The smallest absolute Gasteiger partial charge is 0.312 e. The number of likely N-dealkylation sites (N-methyl/N-ethyl adjacent to an activating group) is 1. The Morgan fingerprint density at radius 2 is 1.79 bits per heavy atom. The van der Waals surface area contributed by atoms with E-state index in [1.807, 2.05) is 19.0 Å². The highest BCUT2D eigenvalue weighted by Gasteiger charge is 2.51. The van der Waals surface area contributed by atoms with Gasteiger partial charge in [-0.1, -0.05) is 6.07 Å². The number of nitrogens with zero attached hydrogens (tertiary/aromatic N) is 2. The molecule has 1 atom stereocenters. The van der Waals surface area contributed by atoms with Gasteiger partial charge < -0.3 is 14.7 Å². The van der Waals surface area contributed by atoms with E-state index in [0.717, 1.165) is 22.5 Å². The number of halogens is 2. The van der Waals surface area contributed by atoms with Crippen molar-refractivity contribution in [3.8, 4) is 0 Å². The summed E-state index contributed by atoms with van der Waals surface area (Å²) in [5.74, 6) is -2.54. The number of hydrogen-bond donors (Lipinski definition) is 1. The maximum atomic E-state index is 13.9. The molecule has 1 N–H and O–H groups in total. The van der Waals surface area contributed by atoms with Crippen LogP contribution in [0.4, 0.5) is 8.78 Å². The summed E-state index contributed by atoms with van der Waals surface area (Å²) in [6, 6.07) is 2.96. The topological polar surface area (TPSA) is 104 Å². The van der Waals surface area contributed by atoms with Crippen LogP contribution >= 0.6 is 0 Å². The van der Waals surface area contributed by atoms with Crippen LogP contribution in [0.25, 0.3) is 0 Å². The highest BCUT2D eigenvalue weighted by atomic mass is 32.2. The number of carbonyl (C=O) groups is 2. The number of benzene rings is 1. The van der Waals surface area contributed by atoms with Gasteiger partial charge in [-0.25, -0.2) is 17.2 Å². The molecule has 29 heavy (non-hydrogen) atoms. The van der Waals surface area contributed by atoms with Crippen molar-refractivity contribution in [2.24, 2.45) is 5.41 Å². The van der Waals surface area contributed by atoms with Crippen molar-refractivity contribution in [2.75, 3.05) is 33.7 Å². The second-order valence-electron chi connectivity index (χ2n) is 7.33. The predicted octanol–water partition coefficient (Wildman–Crippen LogP) is 1.31. The second kappa shape index (κ2) is 9.14. The third kappa shape index (κ3) is 4.90. The molecule has 2 saturated heterocycles. The molecule has 1 unspecified atom stereocenters. The Morgan fingerprint density at radius 1 is 1.28 bits per heavy atom. The van der Waals surface area contributed by atoms with E-state index in [9.17, 15) is 22.0 Å². The molecule has 2 heterocycles. The lowest BCUT2D eigenvalue weighted by Crippen LogP contribution is -2.45.